The summed E-state index contributed by atoms with van der Waals surface area (Å²) >= 11 is 1.24. The molecular formula is C24H17N5O4S. The summed E-state index contributed by atoms with van der Waals surface area (Å²) in [5.41, 5.74) is 3.44. The smallest absolute Gasteiger partial charge is 0.283 e. The van der Waals surface area contributed by atoms with Crippen LogP contribution in [0.15, 0.2) is 74.7 Å². The fraction of sp³-hybridized carbons (Fsp3) is 0.0833. The van der Waals surface area contributed by atoms with Gasteiger partial charge in [0.05, 0.1) is 10.5 Å². The summed E-state index contributed by atoms with van der Waals surface area (Å²) in [6.07, 6.45) is 1.46. The fourth-order valence-corrected chi connectivity index (χ4v) is 4.46. The van der Waals surface area contributed by atoms with Gasteiger partial charge < -0.3 is 4.42 Å². The Labute approximate surface area is 198 Å². The number of rotatable bonds is 4. The Morgan fingerprint density at radius 1 is 1.12 bits per heavy atom. The van der Waals surface area contributed by atoms with E-state index in [9.17, 15) is 14.9 Å². The van der Waals surface area contributed by atoms with Crippen molar-refractivity contribution in [3.05, 3.63) is 92.7 Å². The number of hydrogen-bond acceptors (Lipinski definition) is 7. The van der Waals surface area contributed by atoms with Crippen molar-refractivity contribution in [1.82, 2.24) is 5.01 Å². The number of nitro groups is 1. The Kier molecular flexibility index (Phi) is 5.21. The van der Waals surface area contributed by atoms with E-state index in [4.69, 9.17) is 9.83 Å². The van der Waals surface area contributed by atoms with E-state index >= 15 is 0 Å². The number of furan rings is 1. The molecule has 1 aromatic heterocycles. The van der Waals surface area contributed by atoms with Crippen molar-refractivity contribution in [1.29, 1.82) is 5.41 Å². The van der Waals surface area contributed by atoms with Crippen LogP contribution >= 0.6 is 11.8 Å². The molecule has 0 radical (unpaired) electrons. The summed E-state index contributed by atoms with van der Waals surface area (Å²) in [5, 5.41) is 26.3. The van der Waals surface area contributed by atoms with Gasteiger partial charge in [-0.2, -0.15) is 15.1 Å². The molecule has 2 aliphatic rings. The molecule has 2 aliphatic heterocycles. The minimum absolute atomic E-state index is 0.000826. The highest BCUT2D eigenvalue weighted by molar-refractivity contribution is 8.27. The second kappa shape index (κ2) is 8.23. The van der Waals surface area contributed by atoms with E-state index in [2.05, 4.69) is 10.1 Å². The molecule has 0 unspecified atom stereocenters. The predicted octanol–water partition coefficient (Wildman–Crippen LogP) is 5.14. The van der Waals surface area contributed by atoms with Crippen LogP contribution < -0.4 is 0 Å². The minimum Gasteiger partial charge on any atom is -0.457 e. The maximum atomic E-state index is 12.7. The topological polar surface area (TPSA) is 125 Å². The number of hydrazone groups is 1. The number of nitro benzene ring substituents is 1. The third-order valence-electron chi connectivity index (χ3n) is 5.35. The lowest BCUT2D eigenvalue weighted by molar-refractivity contribution is -0.384. The fourth-order valence-electron chi connectivity index (χ4n) is 3.56. The van der Waals surface area contributed by atoms with E-state index < -0.39 is 10.8 Å². The lowest BCUT2D eigenvalue weighted by atomic mass is 10.1. The molecule has 0 aliphatic carbocycles. The van der Waals surface area contributed by atoms with Crippen LogP contribution in [0.3, 0.4) is 0 Å². The molecule has 1 N–H and O–H groups in total. The highest BCUT2D eigenvalue weighted by atomic mass is 32.2. The van der Waals surface area contributed by atoms with Crippen LogP contribution in [-0.4, -0.2) is 31.9 Å². The van der Waals surface area contributed by atoms with Crippen LogP contribution in [0.4, 0.5) is 5.69 Å². The van der Waals surface area contributed by atoms with Gasteiger partial charge in [-0.05, 0) is 55.4 Å². The average Bonchev–Trinajstić information content (AvgIpc) is 3.44. The van der Waals surface area contributed by atoms with Gasteiger partial charge in [-0.3, -0.25) is 20.3 Å². The molecule has 0 atom stereocenters. The highest BCUT2D eigenvalue weighted by Gasteiger charge is 2.36. The first-order chi connectivity index (χ1) is 16.3. The van der Waals surface area contributed by atoms with Crippen molar-refractivity contribution in [3.8, 4) is 11.3 Å². The van der Waals surface area contributed by atoms with Gasteiger partial charge in [0.2, 0.25) is 5.17 Å². The second-order valence-electron chi connectivity index (χ2n) is 7.75. The van der Waals surface area contributed by atoms with E-state index in [1.54, 1.807) is 25.1 Å². The van der Waals surface area contributed by atoms with Gasteiger partial charge in [-0.1, -0.05) is 29.8 Å². The van der Waals surface area contributed by atoms with Crippen molar-refractivity contribution >= 4 is 45.5 Å². The minimum atomic E-state index is -0.548. The van der Waals surface area contributed by atoms with Crippen molar-refractivity contribution < 1.29 is 14.1 Å². The molecule has 2 aromatic carbocycles. The first-order valence-corrected chi connectivity index (χ1v) is 11.0. The highest BCUT2D eigenvalue weighted by Crippen LogP contribution is 2.32. The summed E-state index contributed by atoms with van der Waals surface area (Å²) in [4.78, 5) is 27.3. The van der Waals surface area contributed by atoms with Gasteiger partial charge in [-0.15, -0.1) is 0 Å². The molecule has 5 rings (SSSR count). The number of carbonyl (C=O) groups excluding carboxylic acids is 1. The lowest BCUT2D eigenvalue weighted by Crippen LogP contribution is -2.35. The molecule has 0 bridgehead atoms. The molecule has 0 saturated carbocycles. The molecule has 10 heteroatoms. The van der Waals surface area contributed by atoms with Gasteiger partial charge in [0.1, 0.15) is 16.6 Å². The number of nitrogens with one attached hydrogen (secondary N) is 1. The van der Waals surface area contributed by atoms with Crippen LogP contribution in [0.5, 0.6) is 0 Å². The zero-order valence-corrected chi connectivity index (χ0v) is 18.9. The largest absolute Gasteiger partial charge is 0.457 e. The Balaban J connectivity index is 1.43. The van der Waals surface area contributed by atoms with E-state index in [-0.39, 0.29) is 17.1 Å². The number of carbonyl (C=O) groups is 1. The third-order valence-corrected chi connectivity index (χ3v) is 6.31. The van der Waals surface area contributed by atoms with Gasteiger partial charge in [0.15, 0.2) is 5.84 Å². The summed E-state index contributed by atoms with van der Waals surface area (Å²) in [6.45, 7) is 3.75. The van der Waals surface area contributed by atoms with Crippen LogP contribution in [0.25, 0.3) is 17.4 Å². The number of fused-ring (bicyclic) bond motifs is 1. The summed E-state index contributed by atoms with van der Waals surface area (Å²) in [5.74, 6) is 0.214. The lowest BCUT2D eigenvalue weighted by Gasteiger charge is -2.19. The van der Waals surface area contributed by atoms with Crippen LogP contribution in [0.2, 0.25) is 0 Å². The van der Waals surface area contributed by atoms with E-state index in [0.29, 0.717) is 32.9 Å². The first kappa shape index (κ1) is 21.5. The molecule has 9 nitrogen and oxygen atoms in total. The average molecular weight is 471 g/mol. The Morgan fingerprint density at radius 2 is 1.88 bits per heavy atom. The van der Waals surface area contributed by atoms with Gasteiger partial charge >= 0.3 is 0 Å². The molecule has 1 amide bonds. The maximum absolute atomic E-state index is 12.7. The quantitative estimate of drug-likeness (QED) is 0.319. The number of hydrogen-bond donors (Lipinski definition) is 1. The summed E-state index contributed by atoms with van der Waals surface area (Å²) < 4.78 is 5.86. The zero-order chi connectivity index (χ0) is 24.0. The van der Waals surface area contributed by atoms with E-state index in [1.807, 2.05) is 31.2 Å². The maximum Gasteiger partial charge on any atom is 0.283 e. The number of aryl methyl sites for hydroxylation is 2. The van der Waals surface area contributed by atoms with Crippen molar-refractivity contribution in [2.24, 2.45) is 10.1 Å². The molecule has 168 valence electrons. The Bertz CT molecular complexity index is 1470. The molecule has 34 heavy (non-hydrogen) atoms. The molecular weight excluding hydrogens is 454 g/mol. The second-order valence-corrected chi connectivity index (χ2v) is 8.71. The number of nitrogens with zero attached hydrogens (tertiary/aromatic N) is 4. The van der Waals surface area contributed by atoms with Gasteiger partial charge in [-0.25, -0.2) is 0 Å². The van der Waals surface area contributed by atoms with E-state index in [0.717, 1.165) is 11.1 Å². The molecule has 3 aromatic rings. The van der Waals surface area contributed by atoms with Gasteiger partial charge in [0, 0.05) is 23.3 Å². The standard InChI is InChI=1S/C24H17N5O4S/c1-13-3-5-15(6-4-13)23-27-28-21(25)19(22(30)26-24(28)34-23)12-17-8-10-20(33-17)18-9-7-16(29(31)32)11-14(18)2/h3-12,25H,1-2H3/b19-12+,25-21?. The first-order valence-electron chi connectivity index (χ1n) is 10.2. The van der Waals surface area contributed by atoms with Crippen LogP contribution in [-0.2, 0) is 4.79 Å². The zero-order valence-electron chi connectivity index (χ0n) is 18.1. The number of amidine groups is 2. The predicted molar refractivity (Wildman–Crippen MR) is 131 cm³/mol. The number of non-ortho nitro benzene ring substituents is 1. The van der Waals surface area contributed by atoms with E-state index in [1.165, 1.54) is 35.0 Å². The summed E-state index contributed by atoms with van der Waals surface area (Å²) in [7, 11) is 0. The monoisotopic (exact) mass is 471 g/mol. The van der Waals surface area contributed by atoms with Crippen molar-refractivity contribution in [3.63, 3.8) is 0 Å². The van der Waals surface area contributed by atoms with Crippen molar-refractivity contribution in [2.75, 3.05) is 0 Å². The number of benzene rings is 2. The van der Waals surface area contributed by atoms with Gasteiger partial charge in [0.25, 0.3) is 11.6 Å². The summed E-state index contributed by atoms with van der Waals surface area (Å²) in [6, 6.07) is 15.7. The number of aliphatic imine (C=N–C) groups is 1. The van der Waals surface area contributed by atoms with Crippen LogP contribution in [0, 0.1) is 29.4 Å². The normalized spacial score (nSPS) is 16.5. The SMILES string of the molecule is Cc1ccc(C2=NN3C(=N)/C(=C\c4ccc(-c5ccc([N+](=O)[O-])cc5C)o4)C(=O)N=C3S2)cc1. The molecule has 0 saturated heterocycles. The number of amides is 1. The van der Waals surface area contributed by atoms with Crippen LogP contribution in [0.1, 0.15) is 22.5 Å². The number of thioether (sulfide) groups is 1. The molecule has 3 heterocycles. The van der Waals surface area contributed by atoms with Crippen molar-refractivity contribution in [2.45, 2.75) is 13.8 Å². The third kappa shape index (κ3) is 3.84. The Hall–Kier alpha value is -4.31. The molecule has 0 fully saturated rings. The molecule has 0 spiro atoms. The Morgan fingerprint density at radius 3 is 2.59 bits per heavy atom.